The molecule has 0 radical (unpaired) electrons. The van der Waals surface area contributed by atoms with Gasteiger partial charge in [0.25, 0.3) is 5.82 Å². The Labute approximate surface area is 360 Å². The third-order valence-electron chi connectivity index (χ3n) is 10.8. The largest absolute Gasteiger partial charge is 0.481 e. The van der Waals surface area contributed by atoms with Crippen LogP contribution < -0.4 is 14.4 Å². The van der Waals surface area contributed by atoms with Gasteiger partial charge in [-0.25, -0.2) is 9.13 Å². The van der Waals surface area contributed by atoms with E-state index in [1.54, 1.807) is 0 Å². The van der Waals surface area contributed by atoms with Crippen LogP contribution in [-0.4, -0.2) is 39.8 Å². The summed E-state index contributed by atoms with van der Waals surface area (Å²) >= 11 is 26.6. The number of hydrogen-bond acceptors (Lipinski definition) is 4. The molecule has 0 saturated carbocycles. The summed E-state index contributed by atoms with van der Waals surface area (Å²) in [7, 11) is 0. The normalized spacial score (nSPS) is 13.5. The zero-order chi connectivity index (χ0) is 41.2. The summed E-state index contributed by atoms with van der Waals surface area (Å²) in [5.74, 6) is 0.539. The zero-order valence-electron chi connectivity index (χ0n) is 34.0. The highest BCUT2D eigenvalue weighted by molar-refractivity contribution is 6.43. The molecule has 1 aliphatic heterocycles. The molecule has 8 nitrogen and oxygen atoms in total. The number of anilines is 2. The van der Waals surface area contributed by atoms with E-state index in [2.05, 4.69) is 51.0 Å². The number of nitrogens with zero attached hydrogens (tertiary/aromatic N) is 4. The smallest absolute Gasteiger partial charge is 0.303 e. The van der Waals surface area contributed by atoms with Crippen LogP contribution in [0.15, 0.2) is 42.2 Å². The van der Waals surface area contributed by atoms with Crippen LogP contribution in [0.4, 0.5) is 11.4 Å². The topological polar surface area (TPSA) is 89.9 Å². The third kappa shape index (κ3) is 14.1. The number of carboxylic acids is 2. The molecule has 1 aliphatic rings. The van der Waals surface area contributed by atoms with Gasteiger partial charge in [-0.1, -0.05) is 131 Å². The van der Waals surface area contributed by atoms with Crippen molar-refractivity contribution in [2.24, 2.45) is 0 Å². The Balaban J connectivity index is 1.76. The second-order valence-electron chi connectivity index (χ2n) is 15.3. The van der Waals surface area contributed by atoms with Gasteiger partial charge < -0.3 is 20.0 Å². The summed E-state index contributed by atoms with van der Waals surface area (Å²) in [5.41, 5.74) is 4.07. The summed E-state index contributed by atoms with van der Waals surface area (Å²) in [5, 5.41) is 20.5. The first-order valence-corrected chi connectivity index (χ1v) is 22.9. The maximum atomic E-state index is 11.2. The molecule has 0 fully saturated rings. The van der Waals surface area contributed by atoms with Crippen molar-refractivity contribution in [2.45, 2.75) is 155 Å². The average molecular weight is 866 g/mol. The molecular formula is C45H63Cl4N4O4+. The molecule has 0 bridgehead atoms. The van der Waals surface area contributed by atoms with E-state index in [0.717, 1.165) is 98.5 Å². The number of fused-ring (bicyclic) bond motifs is 2. The minimum atomic E-state index is -0.769. The molecule has 2 N–H and O–H groups in total. The lowest BCUT2D eigenvalue weighted by Gasteiger charge is -2.25. The Morgan fingerprint density at radius 3 is 1.60 bits per heavy atom. The molecule has 4 rings (SSSR count). The van der Waals surface area contributed by atoms with Gasteiger partial charge in [-0.3, -0.25) is 9.59 Å². The number of aromatic nitrogens is 2. The molecule has 0 unspecified atom stereocenters. The van der Waals surface area contributed by atoms with E-state index in [4.69, 9.17) is 46.4 Å². The molecule has 314 valence electrons. The SMILES string of the molecule is CCCCCCCCN1C(=CC=Cc2n(CCCCCCCC)c3cc(Cl)c(Cl)cc3[n+]2CCCCCC(=O)O)N(CCCCCC(=O)O)c2cc(Cl)c(Cl)cc21. The van der Waals surface area contributed by atoms with Crippen LogP contribution in [0.1, 0.15) is 148 Å². The number of imidazole rings is 1. The predicted molar refractivity (Wildman–Crippen MR) is 239 cm³/mol. The lowest BCUT2D eigenvalue weighted by atomic mass is 10.1. The van der Waals surface area contributed by atoms with Gasteiger partial charge in [-0.05, 0) is 69.6 Å². The number of hydrogen-bond donors (Lipinski definition) is 2. The number of benzene rings is 2. The fraction of sp³-hybridized carbons (Fsp3) is 0.578. The molecule has 57 heavy (non-hydrogen) atoms. The summed E-state index contributed by atoms with van der Waals surface area (Å²) in [6.45, 7) is 7.56. The number of carboxylic acid groups (broad SMARTS) is 2. The molecule has 0 amide bonds. The van der Waals surface area contributed by atoms with Crippen LogP contribution in [0.25, 0.3) is 17.1 Å². The van der Waals surface area contributed by atoms with Gasteiger partial charge in [0.05, 0.1) is 44.6 Å². The molecular weight excluding hydrogens is 802 g/mol. The number of unbranched alkanes of at least 4 members (excludes halogenated alkanes) is 14. The maximum absolute atomic E-state index is 11.2. The Bertz CT molecular complexity index is 1820. The Kier molecular flexibility index (Phi) is 20.4. The molecule has 0 saturated heterocycles. The van der Waals surface area contributed by atoms with Gasteiger partial charge in [-0.2, -0.15) is 0 Å². The molecule has 2 heterocycles. The fourth-order valence-electron chi connectivity index (χ4n) is 7.77. The van der Waals surface area contributed by atoms with Gasteiger partial charge in [0.2, 0.25) is 0 Å². The van der Waals surface area contributed by atoms with Crippen LogP contribution in [0, 0.1) is 0 Å². The molecule has 1 aromatic heterocycles. The van der Waals surface area contributed by atoms with Crippen molar-refractivity contribution in [2.75, 3.05) is 22.9 Å². The monoisotopic (exact) mass is 863 g/mol. The lowest BCUT2D eigenvalue weighted by molar-refractivity contribution is -0.674. The highest BCUT2D eigenvalue weighted by Crippen LogP contribution is 2.46. The maximum Gasteiger partial charge on any atom is 0.303 e. The van der Waals surface area contributed by atoms with Crippen molar-refractivity contribution in [3.05, 3.63) is 68.2 Å². The average Bonchev–Trinajstić information content (AvgIpc) is 3.60. The molecule has 0 atom stereocenters. The van der Waals surface area contributed by atoms with Crippen LogP contribution in [0.2, 0.25) is 20.1 Å². The Morgan fingerprint density at radius 2 is 1.05 bits per heavy atom. The quantitative estimate of drug-likeness (QED) is 0.0558. The van der Waals surface area contributed by atoms with Gasteiger partial charge in [0.15, 0.2) is 11.0 Å². The first-order valence-electron chi connectivity index (χ1n) is 21.3. The minimum absolute atomic E-state index is 0.163. The van der Waals surface area contributed by atoms with E-state index in [0.29, 0.717) is 46.0 Å². The first-order chi connectivity index (χ1) is 27.6. The van der Waals surface area contributed by atoms with E-state index in [1.807, 2.05) is 24.3 Å². The van der Waals surface area contributed by atoms with E-state index in [1.165, 1.54) is 51.4 Å². The second-order valence-corrected chi connectivity index (χ2v) is 16.9. The van der Waals surface area contributed by atoms with Crippen molar-refractivity contribution < 1.29 is 24.4 Å². The summed E-state index contributed by atoms with van der Waals surface area (Å²) < 4.78 is 4.67. The third-order valence-corrected chi connectivity index (χ3v) is 12.3. The Hall–Kier alpha value is -2.91. The van der Waals surface area contributed by atoms with Crippen molar-refractivity contribution in [3.63, 3.8) is 0 Å². The van der Waals surface area contributed by atoms with Crippen molar-refractivity contribution in [1.82, 2.24) is 4.57 Å². The molecule has 12 heteroatoms. The lowest BCUT2D eigenvalue weighted by Crippen LogP contribution is -2.36. The first kappa shape index (κ1) is 46.8. The van der Waals surface area contributed by atoms with Gasteiger partial charge in [-0.15, -0.1) is 0 Å². The van der Waals surface area contributed by atoms with Crippen molar-refractivity contribution in [1.29, 1.82) is 0 Å². The number of halogens is 4. The number of carbonyl (C=O) groups is 2. The summed E-state index contributed by atoms with van der Waals surface area (Å²) in [6.07, 6.45) is 25.5. The highest BCUT2D eigenvalue weighted by atomic mass is 35.5. The van der Waals surface area contributed by atoms with Crippen molar-refractivity contribution in [3.8, 4) is 0 Å². The number of aliphatic carboxylic acids is 2. The van der Waals surface area contributed by atoms with Crippen LogP contribution in [0.3, 0.4) is 0 Å². The second kappa shape index (κ2) is 24.9. The highest BCUT2D eigenvalue weighted by Gasteiger charge is 2.32. The van der Waals surface area contributed by atoms with E-state index in [9.17, 15) is 19.8 Å². The van der Waals surface area contributed by atoms with Gasteiger partial charge >= 0.3 is 11.9 Å². The van der Waals surface area contributed by atoms with E-state index in [-0.39, 0.29) is 12.8 Å². The minimum Gasteiger partial charge on any atom is -0.481 e. The Morgan fingerprint density at radius 1 is 0.596 bits per heavy atom. The fourth-order valence-corrected chi connectivity index (χ4v) is 8.40. The van der Waals surface area contributed by atoms with Gasteiger partial charge in [0.1, 0.15) is 5.82 Å². The summed E-state index contributed by atoms with van der Waals surface area (Å²) in [6, 6.07) is 7.86. The number of allylic oxidation sites excluding steroid dienone is 2. The number of aryl methyl sites for hydroxylation is 2. The standard InChI is InChI=1S/C45H62Cl4N4O4/c1-3-5-7-9-11-17-26-50-38-30-34(46)36(48)32-40(38)52(28-19-13-15-24-44(54)55)42(50)22-21-23-43-51(27-18-12-10-8-6-4-2)39-31-35(47)37(49)33-41(39)53(43)29-20-14-16-25-45(56)57/h21-23,30-33H,3-20,24-29H2,1-2H3,(H-,54,55,56,57)/p+1. The number of rotatable bonds is 28. The predicted octanol–water partition coefficient (Wildman–Crippen LogP) is 13.7. The van der Waals surface area contributed by atoms with Crippen LogP contribution >= 0.6 is 46.4 Å². The van der Waals surface area contributed by atoms with Crippen molar-refractivity contribution >= 4 is 86.8 Å². The summed E-state index contributed by atoms with van der Waals surface area (Å²) in [4.78, 5) is 27.1. The molecule has 2 aromatic carbocycles. The van der Waals surface area contributed by atoms with E-state index >= 15 is 0 Å². The van der Waals surface area contributed by atoms with Crippen LogP contribution in [-0.2, 0) is 22.7 Å². The van der Waals surface area contributed by atoms with Crippen LogP contribution in [0.5, 0.6) is 0 Å². The molecule has 3 aromatic rings. The van der Waals surface area contributed by atoms with Gasteiger partial charge in [0, 0.05) is 44.1 Å². The zero-order valence-corrected chi connectivity index (χ0v) is 37.0. The van der Waals surface area contributed by atoms with E-state index < -0.39 is 11.9 Å². The molecule has 0 aliphatic carbocycles. The molecule has 0 spiro atoms.